The number of carbonyl (C=O) groups excluding carboxylic acids is 1. The minimum absolute atomic E-state index is 0.0433. The van der Waals surface area contributed by atoms with E-state index < -0.39 is 27.6 Å². The van der Waals surface area contributed by atoms with Crippen molar-refractivity contribution in [3.05, 3.63) is 44.1 Å². The van der Waals surface area contributed by atoms with Gasteiger partial charge in [0.1, 0.15) is 4.34 Å². The highest BCUT2D eigenvalue weighted by Crippen LogP contribution is 2.38. The smallest absolute Gasteiger partial charge is 0.336 e. The second-order valence-corrected chi connectivity index (χ2v) is 8.87. The first-order valence-electron chi connectivity index (χ1n) is 6.85. The summed E-state index contributed by atoms with van der Waals surface area (Å²) in [7, 11) is -4.33. The van der Waals surface area contributed by atoms with Gasteiger partial charge in [-0.3, -0.25) is 9.08 Å². The molecule has 0 saturated carbocycles. The van der Waals surface area contributed by atoms with E-state index in [1.54, 1.807) is 12.1 Å². The lowest BCUT2D eigenvalue weighted by Crippen LogP contribution is -2.25. The molecule has 0 radical (unpaired) electrons. The first-order valence-corrected chi connectivity index (χ1v) is 10.00. The zero-order valence-corrected chi connectivity index (χ0v) is 16.1. The Morgan fingerprint density at radius 2 is 1.92 bits per heavy atom. The minimum Gasteiger partial charge on any atom is -0.392 e. The number of oxime groups is 1. The number of rotatable bonds is 7. The number of guanidine groups is 1. The van der Waals surface area contributed by atoms with Crippen molar-refractivity contribution in [3.63, 3.8) is 0 Å². The standard InChI is InChI=1S/C14H13Cl2N3O5S2/c15-12-4-10(13(16)25-12)8-1-7(5-20)2-9(3-8)11(21)6-26(22,23)24-19-14(17)18/h1-4,20H,5-6H2,(H4,17,18,19). The number of nitrogens with zero attached hydrogens (tertiary/aromatic N) is 1. The first-order chi connectivity index (χ1) is 12.1. The SMILES string of the molecule is NC(N)=NOS(=O)(=O)CC(=O)c1cc(CO)cc(-c2cc(Cl)sc2Cl)c1. The van der Waals surface area contributed by atoms with Gasteiger partial charge >= 0.3 is 10.1 Å². The van der Waals surface area contributed by atoms with Gasteiger partial charge < -0.3 is 16.6 Å². The molecular weight excluding hydrogens is 425 g/mol. The Bertz CT molecular complexity index is 969. The Morgan fingerprint density at radius 3 is 2.46 bits per heavy atom. The van der Waals surface area contributed by atoms with E-state index in [9.17, 15) is 18.3 Å². The van der Waals surface area contributed by atoms with Crippen LogP contribution >= 0.6 is 34.5 Å². The van der Waals surface area contributed by atoms with Gasteiger partial charge in [0.05, 0.1) is 10.9 Å². The van der Waals surface area contributed by atoms with E-state index in [1.165, 1.54) is 12.1 Å². The summed E-state index contributed by atoms with van der Waals surface area (Å²) < 4.78 is 28.5. The molecule has 1 heterocycles. The molecular formula is C14H13Cl2N3O5S2. The number of hydrogen-bond donors (Lipinski definition) is 3. The van der Waals surface area contributed by atoms with Crippen molar-refractivity contribution in [2.45, 2.75) is 6.61 Å². The Morgan fingerprint density at radius 1 is 1.23 bits per heavy atom. The van der Waals surface area contributed by atoms with Crippen LogP contribution in [0, 0.1) is 0 Å². The number of hydrogen-bond acceptors (Lipinski definition) is 7. The fraction of sp³-hybridized carbons (Fsp3) is 0.143. The Balaban J connectivity index is 2.37. The van der Waals surface area contributed by atoms with Gasteiger partial charge in [-0.1, -0.05) is 23.2 Å². The van der Waals surface area contributed by atoms with E-state index in [0.29, 0.717) is 25.4 Å². The Hall–Kier alpha value is -1.85. The molecule has 140 valence electrons. The van der Waals surface area contributed by atoms with Crippen molar-refractivity contribution in [1.82, 2.24) is 0 Å². The van der Waals surface area contributed by atoms with Crippen molar-refractivity contribution in [3.8, 4) is 11.1 Å². The topological polar surface area (TPSA) is 145 Å². The lowest BCUT2D eigenvalue weighted by Gasteiger charge is -2.08. The van der Waals surface area contributed by atoms with E-state index in [1.807, 2.05) is 0 Å². The molecule has 2 aromatic rings. The van der Waals surface area contributed by atoms with E-state index in [-0.39, 0.29) is 12.2 Å². The molecule has 8 nitrogen and oxygen atoms in total. The van der Waals surface area contributed by atoms with Crippen LogP contribution in [0.25, 0.3) is 11.1 Å². The summed E-state index contributed by atoms with van der Waals surface area (Å²) in [6.45, 7) is -0.360. The molecule has 1 aromatic carbocycles. The molecule has 26 heavy (non-hydrogen) atoms. The number of aliphatic hydroxyl groups is 1. The predicted molar refractivity (Wildman–Crippen MR) is 101 cm³/mol. The third-order valence-electron chi connectivity index (χ3n) is 3.03. The molecule has 0 aliphatic carbocycles. The number of aliphatic hydroxyl groups excluding tert-OH is 1. The highest BCUT2D eigenvalue weighted by Gasteiger charge is 2.21. The largest absolute Gasteiger partial charge is 0.392 e. The third kappa shape index (κ3) is 5.32. The number of halogens is 2. The Kier molecular flexibility index (Phi) is 6.48. The lowest BCUT2D eigenvalue weighted by molar-refractivity contribution is 0.101. The van der Waals surface area contributed by atoms with Gasteiger partial charge in [0.25, 0.3) is 0 Å². The molecule has 0 atom stereocenters. The summed E-state index contributed by atoms with van der Waals surface area (Å²) >= 11 is 13.2. The average Bonchev–Trinajstić information content (AvgIpc) is 2.90. The highest BCUT2D eigenvalue weighted by molar-refractivity contribution is 7.87. The van der Waals surface area contributed by atoms with Gasteiger partial charge in [-0.25, -0.2) is 0 Å². The average molecular weight is 438 g/mol. The van der Waals surface area contributed by atoms with E-state index in [2.05, 4.69) is 9.44 Å². The van der Waals surface area contributed by atoms with E-state index >= 15 is 0 Å². The van der Waals surface area contributed by atoms with Crippen molar-refractivity contribution in [2.24, 2.45) is 16.6 Å². The summed E-state index contributed by atoms with van der Waals surface area (Å²) in [6, 6.07) is 6.04. The number of ketones is 1. The number of benzene rings is 1. The van der Waals surface area contributed by atoms with Gasteiger partial charge in [-0.2, -0.15) is 8.42 Å². The molecule has 0 bridgehead atoms. The molecule has 5 N–H and O–H groups in total. The maximum atomic E-state index is 12.3. The first kappa shape index (κ1) is 20.5. The van der Waals surface area contributed by atoms with Crippen molar-refractivity contribution in [1.29, 1.82) is 0 Å². The van der Waals surface area contributed by atoms with Crippen LogP contribution in [-0.4, -0.2) is 31.0 Å². The maximum Gasteiger partial charge on any atom is 0.336 e. The summed E-state index contributed by atoms with van der Waals surface area (Å²) in [5.41, 5.74) is 11.5. The molecule has 0 amide bonds. The van der Waals surface area contributed by atoms with Crippen LogP contribution in [0.15, 0.2) is 29.4 Å². The second-order valence-electron chi connectivity index (χ2n) is 5.03. The fourth-order valence-electron chi connectivity index (χ4n) is 2.01. The van der Waals surface area contributed by atoms with Gasteiger partial charge in [-0.05, 0) is 40.5 Å². The molecule has 12 heteroatoms. The van der Waals surface area contributed by atoms with Gasteiger partial charge in [0, 0.05) is 11.1 Å². The normalized spacial score (nSPS) is 11.2. The van der Waals surface area contributed by atoms with E-state index in [4.69, 9.17) is 34.7 Å². The monoisotopic (exact) mass is 437 g/mol. The van der Waals surface area contributed by atoms with Crippen LogP contribution in [0.1, 0.15) is 15.9 Å². The second kappa shape index (κ2) is 8.23. The quantitative estimate of drug-likeness (QED) is 0.259. The minimum atomic E-state index is -4.33. The maximum absolute atomic E-state index is 12.3. The summed E-state index contributed by atoms with van der Waals surface area (Å²) in [6.07, 6.45) is 0. The van der Waals surface area contributed by atoms with Gasteiger partial charge in [-0.15, -0.1) is 11.3 Å². The Labute approximate surface area is 163 Å². The van der Waals surface area contributed by atoms with Crippen molar-refractivity contribution in [2.75, 3.05) is 5.75 Å². The molecule has 0 aliphatic heterocycles. The lowest BCUT2D eigenvalue weighted by atomic mass is 10.0. The van der Waals surface area contributed by atoms with Crippen LogP contribution in [0.3, 0.4) is 0 Å². The zero-order valence-electron chi connectivity index (χ0n) is 13.0. The molecule has 0 spiro atoms. The zero-order chi connectivity index (χ0) is 19.5. The highest BCUT2D eigenvalue weighted by atomic mass is 35.5. The number of carbonyl (C=O) groups is 1. The molecule has 0 fully saturated rings. The predicted octanol–water partition coefficient (Wildman–Crippen LogP) is 1.93. The van der Waals surface area contributed by atoms with Gasteiger partial charge in [0.2, 0.25) is 5.96 Å². The van der Waals surface area contributed by atoms with Crippen LogP contribution in [-0.2, 0) is 21.0 Å². The number of thiophene rings is 1. The van der Waals surface area contributed by atoms with Crippen LogP contribution in [0.4, 0.5) is 0 Å². The molecule has 0 aliphatic rings. The fourth-order valence-corrected chi connectivity index (χ4v) is 4.25. The molecule has 2 rings (SSSR count). The van der Waals surface area contributed by atoms with E-state index in [0.717, 1.165) is 11.3 Å². The van der Waals surface area contributed by atoms with Crippen LogP contribution in [0.2, 0.25) is 8.67 Å². The van der Waals surface area contributed by atoms with Crippen LogP contribution < -0.4 is 11.5 Å². The molecule has 0 saturated heterocycles. The molecule has 1 aromatic heterocycles. The summed E-state index contributed by atoms with van der Waals surface area (Å²) in [5, 5.41) is 12.3. The summed E-state index contributed by atoms with van der Waals surface area (Å²) in [5.74, 6) is -2.37. The number of nitrogens with two attached hydrogens (primary N) is 2. The molecule has 0 unspecified atom stereocenters. The van der Waals surface area contributed by atoms with Gasteiger partial charge in [0.15, 0.2) is 11.5 Å². The van der Waals surface area contributed by atoms with Crippen LogP contribution in [0.5, 0.6) is 0 Å². The summed E-state index contributed by atoms with van der Waals surface area (Å²) in [4.78, 5) is 12.3. The number of Topliss-reactive ketones (excluding diaryl/α,β-unsaturated/α-hetero) is 1. The van der Waals surface area contributed by atoms with Crippen molar-refractivity contribution >= 4 is 56.4 Å². The van der Waals surface area contributed by atoms with Crippen molar-refractivity contribution < 1.29 is 22.6 Å². The third-order valence-corrected chi connectivity index (χ3v) is 5.43.